The number of para-hydroxylation sites is 1. The van der Waals surface area contributed by atoms with Gasteiger partial charge in [-0.2, -0.15) is 0 Å². The second-order valence-corrected chi connectivity index (χ2v) is 13.0. The highest BCUT2D eigenvalue weighted by Crippen LogP contribution is 2.53. The first kappa shape index (κ1) is 32.1. The van der Waals surface area contributed by atoms with Crippen LogP contribution in [0.1, 0.15) is 46.1 Å². The number of benzene rings is 3. The molecule has 3 aromatic carbocycles. The predicted octanol–water partition coefficient (Wildman–Crippen LogP) is 5.13. The van der Waals surface area contributed by atoms with Gasteiger partial charge in [0.1, 0.15) is 5.25 Å². The molecule has 3 amide bonds. The number of ether oxygens (including phenoxy) is 3. The summed E-state index contributed by atoms with van der Waals surface area (Å²) >= 11 is 2.17. The maximum Gasteiger partial charge on any atom is 0.338 e. The molecule has 0 bridgehead atoms. The lowest BCUT2D eigenvalue weighted by molar-refractivity contribution is -0.122. The van der Waals surface area contributed by atoms with Gasteiger partial charge in [-0.25, -0.2) is 9.69 Å². The van der Waals surface area contributed by atoms with Gasteiger partial charge in [0, 0.05) is 16.5 Å². The number of esters is 1. The van der Waals surface area contributed by atoms with E-state index in [0.29, 0.717) is 50.5 Å². The SMILES string of the molecule is CCOC(=O)c1ccc(N2C(=O)C3Sc4[nH]c(=O)sc4[C@H](c4ccc(OCC(=O)Nc5ccccc5C)c(OCC)c4)C3C2=O)cc1. The van der Waals surface area contributed by atoms with Crippen LogP contribution in [0.25, 0.3) is 0 Å². The summed E-state index contributed by atoms with van der Waals surface area (Å²) in [5.74, 6) is -2.45. The molecule has 2 unspecified atom stereocenters. The van der Waals surface area contributed by atoms with Gasteiger partial charge in [0.05, 0.1) is 35.4 Å². The number of amides is 3. The Balaban J connectivity index is 1.30. The van der Waals surface area contributed by atoms with E-state index in [1.807, 2.05) is 38.1 Å². The van der Waals surface area contributed by atoms with Crippen molar-refractivity contribution in [2.75, 3.05) is 30.0 Å². The van der Waals surface area contributed by atoms with Gasteiger partial charge in [0.15, 0.2) is 18.1 Å². The molecule has 2 aliphatic rings. The van der Waals surface area contributed by atoms with Crippen molar-refractivity contribution in [3.8, 4) is 11.5 Å². The lowest BCUT2D eigenvalue weighted by Crippen LogP contribution is -2.32. The van der Waals surface area contributed by atoms with E-state index in [4.69, 9.17) is 14.2 Å². The highest BCUT2D eigenvalue weighted by atomic mass is 32.2. The van der Waals surface area contributed by atoms with Crippen LogP contribution in [-0.2, 0) is 19.1 Å². The molecule has 242 valence electrons. The maximum absolute atomic E-state index is 14.1. The molecule has 3 heterocycles. The van der Waals surface area contributed by atoms with Gasteiger partial charge in [0.2, 0.25) is 11.8 Å². The third-order valence-corrected chi connectivity index (χ3v) is 10.3. The van der Waals surface area contributed by atoms with E-state index in [1.165, 1.54) is 23.9 Å². The average Bonchev–Trinajstić information content (AvgIpc) is 3.55. The number of aromatic amines is 1. The minimum absolute atomic E-state index is 0.222. The Morgan fingerprint density at radius 1 is 0.915 bits per heavy atom. The fraction of sp³-hybridized carbons (Fsp3) is 0.265. The summed E-state index contributed by atoms with van der Waals surface area (Å²) < 4.78 is 16.8. The Morgan fingerprint density at radius 2 is 1.68 bits per heavy atom. The van der Waals surface area contributed by atoms with E-state index in [-0.39, 0.29) is 24.0 Å². The number of anilines is 2. The molecule has 0 saturated carbocycles. The largest absolute Gasteiger partial charge is 0.490 e. The van der Waals surface area contributed by atoms with Crippen molar-refractivity contribution < 1.29 is 33.4 Å². The summed E-state index contributed by atoms with van der Waals surface area (Å²) in [6, 6.07) is 18.7. The van der Waals surface area contributed by atoms with E-state index < -0.39 is 34.9 Å². The first-order valence-electron chi connectivity index (χ1n) is 15.0. The highest BCUT2D eigenvalue weighted by molar-refractivity contribution is 8.00. The predicted molar refractivity (Wildman–Crippen MR) is 178 cm³/mol. The van der Waals surface area contributed by atoms with Crippen LogP contribution in [0, 0.1) is 12.8 Å². The van der Waals surface area contributed by atoms with Crippen molar-refractivity contribution in [1.29, 1.82) is 0 Å². The number of H-pyrrole nitrogens is 1. The van der Waals surface area contributed by atoms with Gasteiger partial charge < -0.3 is 24.5 Å². The Hall–Kier alpha value is -4.88. The molecular formula is C34H31N3O8S2. The molecule has 0 spiro atoms. The fourth-order valence-corrected chi connectivity index (χ4v) is 8.26. The summed E-state index contributed by atoms with van der Waals surface area (Å²) in [6.07, 6.45) is 0. The minimum atomic E-state index is -0.822. The van der Waals surface area contributed by atoms with E-state index >= 15 is 0 Å². The lowest BCUT2D eigenvalue weighted by Gasteiger charge is -2.30. The second kappa shape index (κ2) is 13.5. The number of aryl methyl sites for hydroxylation is 1. The summed E-state index contributed by atoms with van der Waals surface area (Å²) in [7, 11) is 0. The zero-order valence-electron chi connectivity index (χ0n) is 25.7. The maximum atomic E-state index is 14.1. The molecule has 1 fully saturated rings. The monoisotopic (exact) mass is 673 g/mol. The lowest BCUT2D eigenvalue weighted by atomic mass is 9.83. The number of thiazole rings is 1. The van der Waals surface area contributed by atoms with E-state index in [9.17, 15) is 24.0 Å². The molecule has 11 nitrogen and oxygen atoms in total. The molecule has 13 heteroatoms. The van der Waals surface area contributed by atoms with Crippen LogP contribution in [0.4, 0.5) is 11.4 Å². The molecule has 4 aromatic rings. The number of fused-ring (bicyclic) bond motifs is 2. The molecule has 2 N–H and O–H groups in total. The van der Waals surface area contributed by atoms with E-state index in [1.54, 1.807) is 37.3 Å². The summed E-state index contributed by atoms with van der Waals surface area (Å²) in [6.45, 7) is 5.68. The molecule has 2 aliphatic heterocycles. The molecular weight excluding hydrogens is 643 g/mol. The van der Waals surface area contributed by atoms with Crippen LogP contribution in [0.2, 0.25) is 0 Å². The first-order valence-corrected chi connectivity index (χ1v) is 16.7. The number of aromatic nitrogens is 1. The van der Waals surface area contributed by atoms with Gasteiger partial charge in [-0.3, -0.25) is 19.2 Å². The zero-order chi connectivity index (χ0) is 33.2. The highest BCUT2D eigenvalue weighted by Gasteiger charge is 2.56. The van der Waals surface area contributed by atoms with Crippen LogP contribution < -0.4 is 24.6 Å². The van der Waals surface area contributed by atoms with Gasteiger partial charge in [-0.05, 0) is 74.4 Å². The number of nitrogens with one attached hydrogen (secondary N) is 2. The van der Waals surface area contributed by atoms with Crippen molar-refractivity contribution >= 4 is 58.2 Å². The normalized spacial score (nSPS) is 18.4. The zero-order valence-corrected chi connectivity index (χ0v) is 27.4. The van der Waals surface area contributed by atoms with Crippen molar-refractivity contribution in [3.63, 3.8) is 0 Å². The van der Waals surface area contributed by atoms with Crippen LogP contribution in [-0.4, -0.2) is 53.7 Å². The average molecular weight is 674 g/mol. The molecule has 6 rings (SSSR count). The number of hydrogen-bond acceptors (Lipinski definition) is 10. The number of hydrogen-bond donors (Lipinski definition) is 2. The molecule has 0 radical (unpaired) electrons. The standard InChI is InChI=1S/C34H31N3O8S2/c1-4-43-24-16-20(12-15-23(24)45-17-25(38)35-22-9-7-6-8-18(22)3)26-27-29(46-30-28(26)47-34(42)36-30)32(40)37(31(27)39)21-13-10-19(11-14-21)33(41)44-5-2/h6-16,26-27,29H,4-5,17H2,1-3H3,(H,35,38)(H,36,42)/t26-,27?,29?/m1/s1. The first-order chi connectivity index (χ1) is 22.7. The van der Waals surface area contributed by atoms with Gasteiger partial charge in [-0.1, -0.05) is 47.4 Å². The topological polar surface area (TPSA) is 144 Å². The van der Waals surface area contributed by atoms with Crippen LogP contribution in [0.15, 0.2) is 76.6 Å². The quantitative estimate of drug-likeness (QED) is 0.173. The second-order valence-electron chi connectivity index (χ2n) is 10.8. The molecule has 47 heavy (non-hydrogen) atoms. The summed E-state index contributed by atoms with van der Waals surface area (Å²) in [4.78, 5) is 69.6. The number of nitrogens with zero attached hydrogens (tertiary/aromatic N) is 1. The number of imide groups is 1. The van der Waals surface area contributed by atoms with E-state index in [0.717, 1.165) is 21.8 Å². The van der Waals surface area contributed by atoms with Crippen LogP contribution >= 0.6 is 23.1 Å². The van der Waals surface area contributed by atoms with E-state index in [2.05, 4.69) is 10.3 Å². The van der Waals surface area contributed by atoms with Crippen molar-refractivity contribution in [1.82, 2.24) is 4.98 Å². The fourth-order valence-electron chi connectivity index (χ4n) is 5.74. The number of carbonyl (C=O) groups is 4. The molecule has 1 saturated heterocycles. The summed E-state index contributed by atoms with van der Waals surface area (Å²) in [5, 5.41) is 2.58. The smallest absolute Gasteiger partial charge is 0.338 e. The van der Waals surface area contributed by atoms with Crippen molar-refractivity contribution in [2.24, 2.45) is 5.92 Å². The number of carbonyl (C=O) groups excluding carboxylic acids is 4. The Morgan fingerprint density at radius 3 is 2.40 bits per heavy atom. The number of rotatable bonds is 10. The Bertz CT molecular complexity index is 1920. The third-order valence-electron chi connectivity index (χ3n) is 7.87. The van der Waals surface area contributed by atoms with Gasteiger partial charge in [0.25, 0.3) is 5.91 Å². The van der Waals surface area contributed by atoms with Crippen LogP contribution in [0.3, 0.4) is 0 Å². The summed E-state index contributed by atoms with van der Waals surface area (Å²) in [5.41, 5.74) is 2.89. The molecule has 3 atom stereocenters. The Labute approximate surface area is 278 Å². The Kier molecular flexibility index (Phi) is 9.19. The molecule has 0 aliphatic carbocycles. The molecule has 1 aromatic heterocycles. The van der Waals surface area contributed by atoms with Gasteiger partial charge >= 0.3 is 10.8 Å². The number of thioether (sulfide) groups is 1. The van der Waals surface area contributed by atoms with Crippen molar-refractivity contribution in [2.45, 2.75) is 37.0 Å². The van der Waals surface area contributed by atoms with Gasteiger partial charge in [-0.15, -0.1) is 0 Å². The van der Waals surface area contributed by atoms with Crippen LogP contribution in [0.5, 0.6) is 11.5 Å². The minimum Gasteiger partial charge on any atom is -0.490 e. The van der Waals surface area contributed by atoms with Crippen molar-refractivity contribution in [3.05, 3.63) is 98.0 Å². The third kappa shape index (κ3) is 6.28.